The predicted octanol–water partition coefficient (Wildman–Crippen LogP) is 3.77. The number of nitrogens with zero attached hydrogens (tertiary/aromatic N) is 3. The van der Waals surface area contributed by atoms with Gasteiger partial charge in [-0.3, -0.25) is 9.48 Å². The van der Waals surface area contributed by atoms with Crippen LogP contribution in [0.5, 0.6) is 0 Å². The number of benzene rings is 1. The number of fused-ring (bicyclic) bond motifs is 1. The third-order valence-corrected chi connectivity index (χ3v) is 5.87. The van der Waals surface area contributed by atoms with E-state index in [1.54, 1.807) is 4.68 Å². The minimum Gasteiger partial charge on any atom is -0.376 e. The Morgan fingerprint density at radius 2 is 2.13 bits per heavy atom. The summed E-state index contributed by atoms with van der Waals surface area (Å²) in [6.07, 6.45) is 2.66. The van der Waals surface area contributed by atoms with Gasteiger partial charge >= 0.3 is 0 Å². The summed E-state index contributed by atoms with van der Waals surface area (Å²) in [5.41, 5.74) is 6.46. The van der Waals surface area contributed by atoms with E-state index in [9.17, 15) is 4.79 Å². The van der Waals surface area contributed by atoms with E-state index < -0.39 is 0 Å². The number of hydrogen-bond donors (Lipinski definition) is 1. The summed E-state index contributed by atoms with van der Waals surface area (Å²) < 4.78 is 13.2. The van der Waals surface area contributed by atoms with Gasteiger partial charge in [-0.25, -0.2) is 4.98 Å². The first-order valence-corrected chi connectivity index (χ1v) is 10.8. The molecule has 1 unspecified atom stereocenters. The third kappa shape index (κ3) is 4.78. The van der Waals surface area contributed by atoms with Crippen LogP contribution in [0.3, 0.4) is 0 Å². The van der Waals surface area contributed by atoms with E-state index in [0.29, 0.717) is 13.2 Å². The molecule has 7 heteroatoms. The molecule has 1 N–H and O–H groups in total. The van der Waals surface area contributed by atoms with Crippen molar-refractivity contribution < 1.29 is 14.3 Å². The van der Waals surface area contributed by atoms with Crippen molar-refractivity contribution in [3.63, 3.8) is 0 Å². The molecular weight excluding hydrogens is 392 g/mol. The molecule has 31 heavy (non-hydrogen) atoms. The average molecular weight is 423 g/mol. The molecule has 164 valence electrons. The second kappa shape index (κ2) is 9.16. The van der Waals surface area contributed by atoms with Crippen LogP contribution in [-0.2, 0) is 34.3 Å². The Bertz CT molecular complexity index is 1100. The molecule has 0 bridgehead atoms. The lowest BCUT2D eigenvalue weighted by molar-refractivity contribution is -0.115. The first-order valence-electron chi connectivity index (χ1n) is 10.8. The fourth-order valence-corrected chi connectivity index (χ4v) is 4.31. The molecule has 0 aliphatic carbocycles. The van der Waals surface area contributed by atoms with E-state index in [4.69, 9.17) is 14.5 Å². The number of amides is 1. The van der Waals surface area contributed by atoms with Crippen LogP contribution < -0.4 is 5.32 Å². The van der Waals surface area contributed by atoms with Crippen LogP contribution in [0.15, 0.2) is 24.3 Å². The summed E-state index contributed by atoms with van der Waals surface area (Å²) in [5.74, 6) is -0.0636. The summed E-state index contributed by atoms with van der Waals surface area (Å²) in [6, 6.07) is 7.79. The van der Waals surface area contributed by atoms with Crippen LogP contribution in [-0.4, -0.2) is 40.0 Å². The van der Waals surface area contributed by atoms with Crippen LogP contribution in [0.2, 0.25) is 0 Å². The van der Waals surface area contributed by atoms with Gasteiger partial charge in [0, 0.05) is 30.4 Å². The molecule has 1 fully saturated rings. The monoisotopic (exact) mass is 422 g/mol. The highest BCUT2D eigenvalue weighted by Gasteiger charge is 2.18. The topological polar surface area (TPSA) is 78.3 Å². The van der Waals surface area contributed by atoms with Crippen molar-refractivity contribution in [3.05, 3.63) is 52.3 Å². The zero-order valence-corrected chi connectivity index (χ0v) is 18.7. The van der Waals surface area contributed by atoms with Crippen LogP contribution in [0.1, 0.15) is 40.9 Å². The summed E-state index contributed by atoms with van der Waals surface area (Å²) in [5, 5.41) is 8.52. The van der Waals surface area contributed by atoms with E-state index in [1.165, 1.54) is 0 Å². The summed E-state index contributed by atoms with van der Waals surface area (Å²) in [6.45, 7) is 7.91. The maximum Gasteiger partial charge on any atom is 0.228 e. The van der Waals surface area contributed by atoms with Crippen LogP contribution >= 0.6 is 0 Å². The normalized spacial score (nSPS) is 16.2. The molecule has 3 heterocycles. The van der Waals surface area contributed by atoms with Crippen LogP contribution in [0.4, 0.5) is 5.69 Å². The second-order valence-electron chi connectivity index (χ2n) is 8.28. The smallest absolute Gasteiger partial charge is 0.228 e. The van der Waals surface area contributed by atoms with Gasteiger partial charge in [-0.2, -0.15) is 5.10 Å². The maximum atomic E-state index is 12.8. The lowest BCUT2D eigenvalue weighted by Gasteiger charge is -2.13. The number of rotatable bonds is 7. The first-order chi connectivity index (χ1) is 14.9. The lowest BCUT2D eigenvalue weighted by Crippen LogP contribution is -2.17. The number of carbonyl (C=O) groups is 1. The molecule has 2 aromatic heterocycles. The SMILES string of the molecule is Cc1nc2c(c(C)nn2C)c(C)c1CC(=O)Nc1cccc(COCC2CCCO2)c1. The summed E-state index contributed by atoms with van der Waals surface area (Å²) in [4.78, 5) is 17.5. The zero-order chi connectivity index (χ0) is 22.0. The van der Waals surface area contributed by atoms with Crippen molar-refractivity contribution in [3.8, 4) is 0 Å². The van der Waals surface area contributed by atoms with E-state index >= 15 is 0 Å². The van der Waals surface area contributed by atoms with Gasteiger partial charge in [0.25, 0.3) is 0 Å². The number of nitrogens with one attached hydrogen (secondary N) is 1. The quantitative estimate of drug-likeness (QED) is 0.627. The third-order valence-electron chi connectivity index (χ3n) is 5.87. The maximum absolute atomic E-state index is 12.8. The lowest BCUT2D eigenvalue weighted by atomic mass is 10.0. The molecule has 7 nitrogen and oxygen atoms in total. The number of aryl methyl sites for hydroxylation is 4. The molecule has 1 aliphatic heterocycles. The molecule has 0 spiro atoms. The van der Waals surface area contributed by atoms with Crippen molar-refractivity contribution in [2.24, 2.45) is 7.05 Å². The van der Waals surface area contributed by atoms with Crippen LogP contribution in [0, 0.1) is 20.8 Å². The molecule has 3 aromatic rings. The van der Waals surface area contributed by atoms with E-state index in [0.717, 1.165) is 64.2 Å². The number of pyridine rings is 1. The van der Waals surface area contributed by atoms with Crippen molar-refractivity contribution >= 4 is 22.6 Å². The van der Waals surface area contributed by atoms with Gasteiger partial charge in [0.15, 0.2) is 5.65 Å². The van der Waals surface area contributed by atoms with Crippen molar-refractivity contribution in [1.82, 2.24) is 14.8 Å². The van der Waals surface area contributed by atoms with Gasteiger partial charge in [0.2, 0.25) is 5.91 Å². The Hall–Kier alpha value is -2.77. The molecule has 1 amide bonds. The summed E-state index contributed by atoms with van der Waals surface area (Å²) in [7, 11) is 1.89. The number of aromatic nitrogens is 3. The number of carbonyl (C=O) groups excluding carboxylic acids is 1. The molecule has 0 radical (unpaired) electrons. The fourth-order valence-electron chi connectivity index (χ4n) is 4.31. The molecule has 1 atom stereocenters. The Labute approximate surface area is 182 Å². The minimum atomic E-state index is -0.0636. The molecule has 4 rings (SSSR count). The minimum absolute atomic E-state index is 0.0636. The van der Waals surface area contributed by atoms with Crippen molar-refractivity contribution in [2.75, 3.05) is 18.5 Å². The van der Waals surface area contributed by atoms with Crippen molar-refractivity contribution in [1.29, 1.82) is 0 Å². The predicted molar refractivity (Wildman–Crippen MR) is 120 cm³/mol. The van der Waals surface area contributed by atoms with Gasteiger partial charge in [0.1, 0.15) is 0 Å². The zero-order valence-electron chi connectivity index (χ0n) is 18.7. The average Bonchev–Trinajstić information content (AvgIpc) is 3.33. The Morgan fingerprint density at radius 3 is 2.90 bits per heavy atom. The standard InChI is InChI=1S/C24H30N4O3/c1-15-21(16(2)25-24-23(15)17(3)27-28(24)4)12-22(29)26-19-8-5-7-18(11-19)13-30-14-20-9-6-10-31-20/h5,7-8,11,20H,6,9-10,12-14H2,1-4H3,(H,26,29). The Morgan fingerprint density at radius 1 is 1.29 bits per heavy atom. The fraction of sp³-hybridized carbons (Fsp3) is 0.458. The van der Waals surface area contributed by atoms with Crippen molar-refractivity contribution in [2.45, 2.75) is 52.7 Å². The molecule has 1 aromatic carbocycles. The van der Waals surface area contributed by atoms with Crippen LogP contribution in [0.25, 0.3) is 11.0 Å². The molecule has 0 saturated carbocycles. The number of anilines is 1. The molecule has 1 saturated heterocycles. The first kappa shape index (κ1) is 21.5. The number of ether oxygens (including phenoxy) is 2. The Kier molecular flexibility index (Phi) is 6.34. The Balaban J connectivity index is 1.41. The highest BCUT2D eigenvalue weighted by Crippen LogP contribution is 2.26. The van der Waals surface area contributed by atoms with Gasteiger partial charge in [-0.15, -0.1) is 0 Å². The molecular formula is C24H30N4O3. The van der Waals surface area contributed by atoms with Gasteiger partial charge in [-0.05, 0) is 62.4 Å². The van der Waals surface area contributed by atoms with Gasteiger partial charge in [0.05, 0.1) is 31.4 Å². The van der Waals surface area contributed by atoms with E-state index in [2.05, 4.69) is 10.4 Å². The highest BCUT2D eigenvalue weighted by molar-refractivity contribution is 5.94. The highest BCUT2D eigenvalue weighted by atomic mass is 16.5. The second-order valence-corrected chi connectivity index (χ2v) is 8.28. The summed E-state index contributed by atoms with van der Waals surface area (Å²) >= 11 is 0. The van der Waals surface area contributed by atoms with E-state index in [-0.39, 0.29) is 18.4 Å². The molecule has 1 aliphatic rings. The largest absolute Gasteiger partial charge is 0.376 e. The van der Waals surface area contributed by atoms with Gasteiger partial charge in [-0.1, -0.05) is 12.1 Å². The van der Waals surface area contributed by atoms with Gasteiger partial charge < -0.3 is 14.8 Å². The van der Waals surface area contributed by atoms with E-state index in [1.807, 2.05) is 52.1 Å². The number of hydrogen-bond acceptors (Lipinski definition) is 5.